The SMILES string of the molecule is Cc1oc2cc(Cl)cnc2c1C(=O)Nc1cnccc1N1C[C@@H](N)C[C@@H](C(F)(F)F)C1. The van der Waals surface area contributed by atoms with Gasteiger partial charge in [0.15, 0.2) is 5.58 Å². The van der Waals surface area contributed by atoms with E-state index in [1.807, 2.05) is 0 Å². The van der Waals surface area contributed by atoms with Crippen molar-refractivity contribution in [2.75, 3.05) is 23.3 Å². The molecule has 0 radical (unpaired) electrons. The summed E-state index contributed by atoms with van der Waals surface area (Å²) >= 11 is 5.92. The molecule has 0 saturated carbocycles. The number of nitrogens with zero attached hydrogens (tertiary/aromatic N) is 3. The molecule has 4 rings (SSSR count). The van der Waals surface area contributed by atoms with Crippen molar-refractivity contribution in [1.29, 1.82) is 0 Å². The van der Waals surface area contributed by atoms with Crippen LogP contribution in [0.5, 0.6) is 0 Å². The third-order valence-corrected chi connectivity index (χ3v) is 5.44. The molecule has 0 unspecified atom stereocenters. The summed E-state index contributed by atoms with van der Waals surface area (Å²) in [7, 11) is 0. The Labute approximate surface area is 180 Å². The quantitative estimate of drug-likeness (QED) is 0.618. The van der Waals surface area contributed by atoms with Gasteiger partial charge >= 0.3 is 6.18 Å². The number of fused-ring (bicyclic) bond motifs is 1. The standard InChI is InChI=1S/C20H19ClF3N5O2/c1-10-17(18-16(31-10)5-12(21)6-27-18)19(30)28-14-7-26-3-2-15(14)29-8-11(20(22,23)24)4-13(25)9-29/h2-3,5-7,11,13H,4,8-9,25H2,1H3,(H,28,30)/t11-,13+/m1/s1. The molecule has 11 heteroatoms. The molecule has 0 aromatic carbocycles. The normalized spacial score (nSPS) is 19.6. The van der Waals surface area contributed by atoms with E-state index < -0.39 is 24.0 Å². The van der Waals surface area contributed by atoms with Gasteiger partial charge in [0, 0.05) is 37.6 Å². The summed E-state index contributed by atoms with van der Waals surface area (Å²) in [6.45, 7) is 1.59. The molecule has 3 aromatic rings. The molecule has 3 N–H and O–H groups in total. The summed E-state index contributed by atoms with van der Waals surface area (Å²) in [5, 5.41) is 3.09. The molecule has 31 heavy (non-hydrogen) atoms. The third-order valence-electron chi connectivity index (χ3n) is 5.23. The van der Waals surface area contributed by atoms with E-state index in [9.17, 15) is 18.0 Å². The fourth-order valence-corrected chi connectivity index (χ4v) is 4.00. The highest BCUT2D eigenvalue weighted by Crippen LogP contribution is 2.37. The highest BCUT2D eigenvalue weighted by molar-refractivity contribution is 6.31. The summed E-state index contributed by atoms with van der Waals surface area (Å²) in [5.74, 6) is -1.74. The average molecular weight is 454 g/mol. The number of pyridine rings is 2. The summed E-state index contributed by atoms with van der Waals surface area (Å²) in [6, 6.07) is 2.46. The molecule has 4 heterocycles. The Bertz CT molecular complexity index is 1130. The van der Waals surface area contributed by atoms with Crippen LogP contribution in [0, 0.1) is 12.8 Å². The number of alkyl halides is 3. The first kappa shape index (κ1) is 21.4. The number of piperidine rings is 1. The fraction of sp³-hybridized carbons (Fsp3) is 0.350. The van der Waals surface area contributed by atoms with E-state index in [4.69, 9.17) is 21.8 Å². The number of aromatic nitrogens is 2. The van der Waals surface area contributed by atoms with Gasteiger partial charge in [-0.05, 0) is 19.4 Å². The molecule has 0 spiro atoms. The van der Waals surface area contributed by atoms with Gasteiger partial charge in [0.1, 0.15) is 16.8 Å². The lowest BCUT2D eigenvalue weighted by Crippen LogP contribution is -2.51. The number of hydrogen-bond donors (Lipinski definition) is 2. The second-order valence-corrected chi connectivity index (χ2v) is 7.96. The maximum absolute atomic E-state index is 13.3. The molecule has 1 aliphatic heterocycles. The van der Waals surface area contributed by atoms with Gasteiger partial charge in [0.2, 0.25) is 0 Å². The van der Waals surface area contributed by atoms with Crippen LogP contribution in [0.3, 0.4) is 0 Å². The van der Waals surface area contributed by atoms with Crippen LogP contribution in [-0.2, 0) is 0 Å². The largest absolute Gasteiger partial charge is 0.459 e. The molecule has 7 nitrogen and oxygen atoms in total. The Hall–Kier alpha value is -2.85. The fourth-order valence-electron chi connectivity index (χ4n) is 3.85. The molecular weight excluding hydrogens is 435 g/mol. The van der Waals surface area contributed by atoms with E-state index in [-0.39, 0.29) is 30.8 Å². The maximum Gasteiger partial charge on any atom is 0.393 e. The van der Waals surface area contributed by atoms with Crippen LogP contribution in [0.1, 0.15) is 22.5 Å². The summed E-state index contributed by atoms with van der Waals surface area (Å²) in [6.07, 6.45) is -0.251. The minimum Gasteiger partial charge on any atom is -0.459 e. The van der Waals surface area contributed by atoms with Gasteiger partial charge < -0.3 is 20.4 Å². The minimum atomic E-state index is -4.35. The van der Waals surface area contributed by atoms with Crippen LogP contribution in [0.15, 0.2) is 35.1 Å². The Balaban J connectivity index is 1.64. The number of aryl methyl sites for hydroxylation is 1. The van der Waals surface area contributed by atoms with Gasteiger partial charge in [-0.25, -0.2) is 0 Å². The smallest absolute Gasteiger partial charge is 0.393 e. The lowest BCUT2D eigenvalue weighted by Gasteiger charge is -2.39. The second kappa shape index (κ2) is 8.01. The van der Waals surface area contributed by atoms with Gasteiger partial charge in [0.25, 0.3) is 5.91 Å². The highest BCUT2D eigenvalue weighted by Gasteiger charge is 2.44. The Kier molecular flexibility index (Phi) is 5.52. The number of anilines is 2. The zero-order valence-corrected chi connectivity index (χ0v) is 17.2. The van der Waals surface area contributed by atoms with Gasteiger partial charge in [-0.15, -0.1) is 0 Å². The van der Waals surface area contributed by atoms with Crippen molar-refractivity contribution >= 4 is 40.0 Å². The van der Waals surface area contributed by atoms with Crippen molar-refractivity contribution in [3.63, 3.8) is 0 Å². The van der Waals surface area contributed by atoms with E-state index in [2.05, 4.69) is 15.3 Å². The monoisotopic (exact) mass is 453 g/mol. The predicted octanol–water partition coefficient (Wildman–Crippen LogP) is 4.15. The van der Waals surface area contributed by atoms with Gasteiger partial charge in [-0.1, -0.05) is 11.6 Å². The van der Waals surface area contributed by atoms with Crippen LogP contribution < -0.4 is 16.0 Å². The number of carbonyl (C=O) groups excluding carboxylic acids is 1. The lowest BCUT2D eigenvalue weighted by atomic mass is 9.93. The molecule has 1 saturated heterocycles. The molecule has 3 aromatic heterocycles. The van der Waals surface area contributed by atoms with Crippen LogP contribution in [0.2, 0.25) is 5.02 Å². The van der Waals surface area contributed by atoms with Crippen molar-refractivity contribution in [2.45, 2.75) is 25.6 Å². The average Bonchev–Trinajstić information content (AvgIpc) is 3.02. The van der Waals surface area contributed by atoms with Crippen LogP contribution in [-0.4, -0.2) is 41.2 Å². The summed E-state index contributed by atoms with van der Waals surface area (Å²) in [4.78, 5) is 22.7. The number of carbonyl (C=O) groups is 1. The zero-order chi connectivity index (χ0) is 22.3. The summed E-state index contributed by atoms with van der Waals surface area (Å²) in [5.41, 5.74) is 7.48. The van der Waals surface area contributed by atoms with Crippen LogP contribution in [0.25, 0.3) is 11.1 Å². The molecule has 1 fully saturated rings. The van der Waals surface area contributed by atoms with E-state index in [0.29, 0.717) is 27.6 Å². The van der Waals surface area contributed by atoms with Gasteiger partial charge in [0.05, 0.1) is 28.5 Å². The highest BCUT2D eigenvalue weighted by atomic mass is 35.5. The summed E-state index contributed by atoms with van der Waals surface area (Å²) < 4.78 is 45.6. The molecule has 0 bridgehead atoms. The van der Waals surface area contributed by atoms with E-state index in [0.717, 1.165) is 0 Å². The first-order valence-electron chi connectivity index (χ1n) is 9.50. The van der Waals surface area contributed by atoms with E-state index in [1.165, 1.54) is 23.5 Å². The van der Waals surface area contributed by atoms with E-state index >= 15 is 0 Å². The number of hydrogen-bond acceptors (Lipinski definition) is 6. The number of nitrogens with two attached hydrogens (primary N) is 1. The van der Waals surface area contributed by atoms with Gasteiger partial charge in [-0.2, -0.15) is 13.2 Å². The molecule has 1 aliphatic rings. The topological polar surface area (TPSA) is 97.3 Å². The molecule has 0 aliphatic carbocycles. The Morgan fingerprint density at radius 2 is 2.13 bits per heavy atom. The minimum absolute atomic E-state index is 0.138. The lowest BCUT2D eigenvalue weighted by molar-refractivity contribution is -0.177. The number of furan rings is 1. The molecular formula is C20H19ClF3N5O2. The Morgan fingerprint density at radius 3 is 2.87 bits per heavy atom. The number of halogens is 4. The first-order chi connectivity index (χ1) is 14.6. The van der Waals surface area contributed by atoms with Crippen molar-refractivity contribution < 1.29 is 22.4 Å². The number of rotatable bonds is 3. The van der Waals surface area contributed by atoms with Gasteiger partial charge in [-0.3, -0.25) is 14.8 Å². The number of amides is 1. The van der Waals surface area contributed by atoms with Crippen molar-refractivity contribution in [3.05, 3.63) is 47.1 Å². The van der Waals surface area contributed by atoms with Crippen LogP contribution >= 0.6 is 11.6 Å². The molecule has 1 amide bonds. The van der Waals surface area contributed by atoms with Crippen molar-refractivity contribution in [3.8, 4) is 0 Å². The second-order valence-electron chi connectivity index (χ2n) is 7.52. The maximum atomic E-state index is 13.3. The first-order valence-corrected chi connectivity index (χ1v) is 9.88. The Morgan fingerprint density at radius 1 is 1.35 bits per heavy atom. The number of nitrogens with one attached hydrogen (secondary N) is 1. The third kappa shape index (κ3) is 4.31. The zero-order valence-electron chi connectivity index (χ0n) is 16.4. The van der Waals surface area contributed by atoms with E-state index in [1.54, 1.807) is 19.1 Å². The van der Waals surface area contributed by atoms with Crippen molar-refractivity contribution in [2.24, 2.45) is 11.7 Å². The predicted molar refractivity (Wildman–Crippen MR) is 110 cm³/mol. The molecule has 2 atom stereocenters. The molecule has 164 valence electrons. The van der Waals surface area contributed by atoms with Crippen LogP contribution in [0.4, 0.5) is 24.5 Å². The van der Waals surface area contributed by atoms with Crippen molar-refractivity contribution in [1.82, 2.24) is 9.97 Å².